The molecule has 27 heavy (non-hydrogen) atoms. The van der Waals surface area contributed by atoms with E-state index in [1.165, 1.54) is 19.9 Å². The summed E-state index contributed by atoms with van der Waals surface area (Å²) in [5.74, 6) is 4.86. The van der Waals surface area contributed by atoms with Crippen molar-refractivity contribution in [2.45, 2.75) is 11.5 Å². The number of benzene rings is 3. The second-order valence-electron chi connectivity index (χ2n) is 7.37. The molecule has 1 heterocycles. The van der Waals surface area contributed by atoms with Crippen LogP contribution in [-0.2, 0) is 0 Å². The topological polar surface area (TPSA) is 12.9 Å². The van der Waals surface area contributed by atoms with E-state index < -0.39 is 13.3 Å². The van der Waals surface area contributed by atoms with Crippen molar-refractivity contribution in [2.24, 2.45) is 0 Å². The standard InChI is InChI=1S/C25H23GeN/c1-26(2,23-11-7-4-8-12-23)24-17-18-25(27-19-24)22-15-13-21(14-16-22)20-9-5-3-6-10-20/h3-19H,1-2H3. The molecule has 0 N–H and O–H groups in total. The third kappa shape index (κ3) is 3.74. The summed E-state index contributed by atoms with van der Waals surface area (Å²) in [6, 6.07) is 34.5. The van der Waals surface area contributed by atoms with Crippen LogP contribution in [0, 0.1) is 0 Å². The zero-order chi connectivity index (χ0) is 18.7. The van der Waals surface area contributed by atoms with Crippen molar-refractivity contribution in [2.75, 3.05) is 0 Å². The Balaban J connectivity index is 1.59. The van der Waals surface area contributed by atoms with Gasteiger partial charge in [-0.05, 0) is 0 Å². The van der Waals surface area contributed by atoms with Gasteiger partial charge in [0.1, 0.15) is 0 Å². The first kappa shape index (κ1) is 17.8. The number of pyridine rings is 1. The number of nitrogens with zero attached hydrogens (tertiary/aromatic N) is 1. The maximum atomic E-state index is 4.79. The molecule has 0 amide bonds. The van der Waals surface area contributed by atoms with Crippen molar-refractivity contribution in [1.29, 1.82) is 0 Å². The fraction of sp³-hybridized carbons (Fsp3) is 0.0800. The Hall–Kier alpha value is -2.65. The van der Waals surface area contributed by atoms with Gasteiger partial charge in [0.15, 0.2) is 0 Å². The van der Waals surface area contributed by atoms with Gasteiger partial charge in [0, 0.05) is 0 Å². The average Bonchev–Trinajstić information content (AvgIpc) is 2.75. The average molecular weight is 410 g/mol. The Bertz CT molecular complexity index is 1010. The van der Waals surface area contributed by atoms with Crippen molar-refractivity contribution >= 4 is 22.1 Å². The number of aromatic nitrogens is 1. The molecule has 3 aromatic carbocycles. The predicted molar refractivity (Wildman–Crippen MR) is 118 cm³/mol. The molecule has 132 valence electrons. The number of hydrogen-bond donors (Lipinski definition) is 0. The summed E-state index contributed by atoms with van der Waals surface area (Å²) in [6.07, 6.45) is 2.09. The molecule has 2 heteroatoms. The van der Waals surface area contributed by atoms with Crippen LogP contribution in [0.5, 0.6) is 0 Å². The molecule has 0 radical (unpaired) electrons. The molecule has 0 saturated heterocycles. The molecule has 1 aromatic heterocycles. The van der Waals surface area contributed by atoms with Gasteiger partial charge in [-0.3, -0.25) is 0 Å². The Morgan fingerprint density at radius 3 is 1.67 bits per heavy atom. The molecule has 0 unspecified atom stereocenters. The van der Waals surface area contributed by atoms with E-state index in [1.807, 2.05) is 6.07 Å². The summed E-state index contributed by atoms with van der Waals surface area (Å²) in [4.78, 5) is 4.79. The Morgan fingerprint density at radius 1 is 0.519 bits per heavy atom. The predicted octanol–water partition coefficient (Wildman–Crippen LogP) is 5.24. The van der Waals surface area contributed by atoms with Gasteiger partial charge in [0.05, 0.1) is 0 Å². The third-order valence-electron chi connectivity index (χ3n) is 5.27. The van der Waals surface area contributed by atoms with Crippen LogP contribution in [0.4, 0.5) is 0 Å². The molecule has 0 aliphatic rings. The van der Waals surface area contributed by atoms with E-state index in [1.54, 1.807) is 0 Å². The summed E-state index contributed by atoms with van der Waals surface area (Å²) >= 11 is -2.27. The summed E-state index contributed by atoms with van der Waals surface area (Å²) in [6.45, 7) is 0. The number of rotatable bonds is 4. The van der Waals surface area contributed by atoms with Gasteiger partial charge in [0.25, 0.3) is 0 Å². The molecule has 4 rings (SSSR count). The van der Waals surface area contributed by atoms with E-state index in [-0.39, 0.29) is 0 Å². The molecular weight excluding hydrogens is 387 g/mol. The number of hydrogen-bond acceptors (Lipinski definition) is 1. The molecule has 0 spiro atoms. The van der Waals surface area contributed by atoms with E-state index in [0.717, 1.165) is 11.3 Å². The van der Waals surface area contributed by atoms with Crippen molar-refractivity contribution in [3.63, 3.8) is 0 Å². The van der Waals surface area contributed by atoms with Crippen LogP contribution < -0.4 is 8.79 Å². The van der Waals surface area contributed by atoms with Gasteiger partial charge < -0.3 is 0 Å². The zero-order valence-corrected chi connectivity index (χ0v) is 17.9. The van der Waals surface area contributed by atoms with Gasteiger partial charge in [-0.15, -0.1) is 0 Å². The SMILES string of the molecule is [CH3][Ge]([CH3])([c]1ccccc1)[c]1ccc(-c2ccc(-c3ccccc3)cc2)nc1. The van der Waals surface area contributed by atoms with Gasteiger partial charge in [-0.25, -0.2) is 0 Å². The van der Waals surface area contributed by atoms with Gasteiger partial charge in [-0.1, -0.05) is 0 Å². The van der Waals surface area contributed by atoms with Gasteiger partial charge >= 0.3 is 164 Å². The Morgan fingerprint density at radius 2 is 1.07 bits per heavy atom. The van der Waals surface area contributed by atoms with Crippen molar-refractivity contribution in [3.05, 3.63) is 103 Å². The van der Waals surface area contributed by atoms with Crippen LogP contribution in [0.1, 0.15) is 0 Å². The first-order valence-corrected chi connectivity index (χ1v) is 15.6. The fourth-order valence-corrected chi connectivity index (χ4v) is 8.13. The van der Waals surface area contributed by atoms with E-state index in [9.17, 15) is 0 Å². The molecule has 0 aliphatic carbocycles. The first-order chi connectivity index (χ1) is 13.1. The molecular formula is C25H23GeN. The van der Waals surface area contributed by atoms with Gasteiger partial charge in [-0.2, -0.15) is 0 Å². The molecule has 0 bridgehead atoms. The van der Waals surface area contributed by atoms with Gasteiger partial charge in [0.2, 0.25) is 0 Å². The molecule has 4 aromatic rings. The summed E-state index contributed by atoms with van der Waals surface area (Å²) in [5, 5.41) is 0. The quantitative estimate of drug-likeness (QED) is 0.420. The van der Waals surface area contributed by atoms with E-state index in [2.05, 4.69) is 109 Å². The van der Waals surface area contributed by atoms with E-state index >= 15 is 0 Å². The minimum absolute atomic E-state index is 1.03. The van der Waals surface area contributed by atoms with Crippen LogP contribution in [0.25, 0.3) is 22.4 Å². The summed E-state index contributed by atoms with van der Waals surface area (Å²) in [7, 11) is 0. The van der Waals surface area contributed by atoms with E-state index in [4.69, 9.17) is 4.98 Å². The van der Waals surface area contributed by atoms with Crippen molar-refractivity contribution in [1.82, 2.24) is 4.98 Å². The minimum atomic E-state index is -2.27. The molecule has 0 saturated carbocycles. The van der Waals surface area contributed by atoms with Crippen LogP contribution in [0.2, 0.25) is 11.5 Å². The van der Waals surface area contributed by atoms with Crippen LogP contribution in [0.15, 0.2) is 103 Å². The second kappa shape index (κ2) is 7.53. The molecule has 0 aliphatic heterocycles. The van der Waals surface area contributed by atoms with Crippen LogP contribution in [0.3, 0.4) is 0 Å². The van der Waals surface area contributed by atoms with E-state index in [0.29, 0.717) is 0 Å². The summed E-state index contributed by atoms with van der Waals surface area (Å²) < 4.78 is 2.89. The van der Waals surface area contributed by atoms with Crippen molar-refractivity contribution in [3.8, 4) is 22.4 Å². The summed E-state index contributed by atoms with van der Waals surface area (Å²) in [5.41, 5.74) is 4.66. The normalized spacial score (nSPS) is 11.3. The Labute approximate surface area is 164 Å². The molecule has 0 fully saturated rings. The zero-order valence-electron chi connectivity index (χ0n) is 15.8. The third-order valence-corrected chi connectivity index (χ3v) is 12.6. The fourth-order valence-electron chi connectivity index (χ4n) is 3.42. The molecule has 1 nitrogen and oxygen atoms in total. The Kier molecular flexibility index (Phi) is 4.95. The van der Waals surface area contributed by atoms with Crippen LogP contribution >= 0.6 is 0 Å². The second-order valence-corrected chi connectivity index (χ2v) is 16.6. The maximum absolute atomic E-state index is 4.79. The van der Waals surface area contributed by atoms with Crippen molar-refractivity contribution < 1.29 is 0 Å². The molecule has 0 atom stereocenters. The monoisotopic (exact) mass is 411 g/mol. The first-order valence-electron chi connectivity index (χ1n) is 9.32. The van der Waals surface area contributed by atoms with Crippen LogP contribution in [-0.4, -0.2) is 18.3 Å².